The minimum atomic E-state index is -0.624. The third-order valence-electron chi connectivity index (χ3n) is 13.9. The third kappa shape index (κ3) is 4.96. The van der Waals surface area contributed by atoms with E-state index in [4.69, 9.17) is 19.8 Å². The molecular weight excluding hydrogens is 825 g/mol. The molecule has 0 N–H and O–H groups in total. The first-order valence-electron chi connectivity index (χ1n) is 30.2. The summed E-state index contributed by atoms with van der Waals surface area (Å²) in [6.45, 7) is 0. The first-order chi connectivity index (χ1) is 40.4. The fraction of sp³-hybridized carbons (Fsp3) is 0. The molecule has 0 spiro atoms. The highest BCUT2D eigenvalue weighted by atomic mass is 16.3. The Balaban J connectivity index is 1.13. The number of furan rings is 2. The van der Waals surface area contributed by atoms with Crippen LogP contribution in [0, 0.1) is 0 Å². The van der Waals surface area contributed by atoms with Crippen LogP contribution in [-0.4, -0.2) is 0 Å². The minimum absolute atomic E-state index is 0.131. The van der Waals surface area contributed by atoms with Crippen LogP contribution < -0.4 is 0 Å². The Morgan fingerprint density at radius 2 is 0.750 bits per heavy atom. The Morgan fingerprint density at radius 1 is 0.279 bits per heavy atom. The molecule has 16 aromatic rings. The molecule has 2 heteroatoms. The molecular formula is C66H36O2. The Kier molecular flexibility index (Phi) is 4.80. The summed E-state index contributed by atoms with van der Waals surface area (Å²) in [7, 11) is 0. The summed E-state index contributed by atoms with van der Waals surface area (Å²) in [5, 5.41) is 10.2. The quantitative estimate of drug-likeness (QED) is 0.165. The molecule has 0 aliphatic heterocycles. The van der Waals surface area contributed by atoms with Crippen molar-refractivity contribution in [1.29, 1.82) is 0 Å². The highest BCUT2D eigenvalue weighted by Crippen LogP contribution is 2.50. The Hall–Kier alpha value is -8.98. The van der Waals surface area contributed by atoms with E-state index in [2.05, 4.69) is 12.1 Å². The van der Waals surface area contributed by atoms with Crippen molar-refractivity contribution in [2.24, 2.45) is 0 Å². The van der Waals surface area contributed by atoms with Crippen LogP contribution in [-0.2, 0) is 0 Å². The van der Waals surface area contributed by atoms with E-state index in [0.29, 0.717) is 22.3 Å². The molecule has 0 radical (unpaired) electrons. The molecule has 0 atom stereocenters. The van der Waals surface area contributed by atoms with E-state index in [1.807, 2.05) is 103 Å². The van der Waals surface area contributed by atoms with Crippen LogP contribution in [0.25, 0.3) is 164 Å². The molecule has 2 nitrogen and oxygen atoms in total. The lowest BCUT2D eigenvalue weighted by Gasteiger charge is -2.22. The van der Waals surface area contributed by atoms with Gasteiger partial charge in [0.25, 0.3) is 0 Å². The molecule has 0 saturated carbocycles. The summed E-state index contributed by atoms with van der Waals surface area (Å²) in [4.78, 5) is 0. The second-order valence-corrected chi connectivity index (χ2v) is 17.4. The zero-order valence-electron chi connectivity index (χ0n) is 51.4. The van der Waals surface area contributed by atoms with Crippen molar-refractivity contribution in [3.05, 3.63) is 218 Å². The molecule has 0 unspecified atom stereocenters. The Morgan fingerprint density at radius 3 is 1.37 bits per heavy atom. The molecule has 0 aliphatic carbocycles. The van der Waals surface area contributed by atoms with Crippen LogP contribution in [0.1, 0.15) is 21.9 Å². The molecule has 16 rings (SSSR count). The lowest BCUT2D eigenvalue weighted by Crippen LogP contribution is -1.95. The van der Waals surface area contributed by atoms with E-state index in [-0.39, 0.29) is 76.9 Å². The van der Waals surface area contributed by atoms with E-state index < -0.39 is 96.7 Å². The van der Waals surface area contributed by atoms with Gasteiger partial charge in [-0.15, -0.1) is 0 Å². The first-order valence-corrected chi connectivity index (χ1v) is 22.2. The van der Waals surface area contributed by atoms with Crippen molar-refractivity contribution < 1.29 is 30.8 Å². The maximum Gasteiger partial charge on any atom is 0.143 e. The predicted octanol–water partition coefficient (Wildman–Crippen LogP) is 19.1. The van der Waals surface area contributed by atoms with Gasteiger partial charge in [-0.25, -0.2) is 0 Å². The number of hydrogen-bond acceptors (Lipinski definition) is 2. The Labute approximate surface area is 411 Å². The van der Waals surface area contributed by atoms with Crippen LogP contribution in [0.2, 0.25) is 0 Å². The van der Waals surface area contributed by atoms with Crippen molar-refractivity contribution >= 4 is 119 Å². The molecule has 312 valence electrons. The van der Waals surface area contributed by atoms with Gasteiger partial charge in [-0.05, 0) is 163 Å². The highest BCUT2D eigenvalue weighted by Gasteiger charge is 2.23. The van der Waals surface area contributed by atoms with Crippen LogP contribution in [0.3, 0.4) is 0 Å². The van der Waals surface area contributed by atoms with Gasteiger partial charge in [-0.2, -0.15) is 0 Å². The third-order valence-corrected chi connectivity index (χ3v) is 13.9. The van der Waals surface area contributed by atoms with Gasteiger partial charge in [0.05, 0.1) is 21.9 Å². The topological polar surface area (TPSA) is 26.3 Å². The smallest absolute Gasteiger partial charge is 0.143 e. The maximum absolute atomic E-state index is 10.4. The highest BCUT2D eigenvalue weighted by molar-refractivity contribution is 6.28. The number of rotatable bonds is 4. The second-order valence-electron chi connectivity index (χ2n) is 17.4. The van der Waals surface area contributed by atoms with Crippen LogP contribution in [0.5, 0.6) is 0 Å². The van der Waals surface area contributed by atoms with Crippen molar-refractivity contribution in [3.63, 3.8) is 0 Å². The van der Waals surface area contributed by atoms with Crippen LogP contribution in [0.15, 0.2) is 227 Å². The molecule has 2 aromatic heterocycles. The van der Waals surface area contributed by atoms with Gasteiger partial charge in [0.2, 0.25) is 0 Å². The largest absolute Gasteiger partial charge is 0.456 e. The molecule has 0 fully saturated rings. The van der Waals surface area contributed by atoms with Crippen molar-refractivity contribution in [1.82, 2.24) is 0 Å². The average molecular weight is 877 g/mol. The summed E-state index contributed by atoms with van der Waals surface area (Å²) >= 11 is 0. The minimum Gasteiger partial charge on any atom is -0.456 e. The summed E-state index contributed by atoms with van der Waals surface area (Å²) < 4.78 is 161. The SMILES string of the molecule is [2H]c1c([2H])c([2H])c2c(oc3c([2H])c([2H])c(-c4cc(-c5c([2H])c([2H])c6oc7c8c([2H])c([2H])c([2H])c([2H])c8c([2H])c([2H])c7c6c5[2H])c(-c5ccc6ccc7cccc8ccc5c6c78)cc4-c4ccc5ccc6cccc7ccc4c5c67)c([2H])c32)c1[2H]. The lowest BCUT2D eigenvalue weighted by atomic mass is 9.81. The van der Waals surface area contributed by atoms with E-state index in [1.54, 1.807) is 6.07 Å². The fourth-order valence-electron chi connectivity index (χ4n) is 10.9. The first kappa shape index (κ1) is 24.5. The summed E-state index contributed by atoms with van der Waals surface area (Å²) in [5.41, 5.74) is 0.979. The maximum atomic E-state index is 10.4. The number of benzene rings is 14. The zero-order valence-corrected chi connectivity index (χ0v) is 35.4. The van der Waals surface area contributed by atoms with E-state index in [1.165, 1.54) is 0 Å². The summed E-state index contributed by atoms with van der Waals surface area (Å²) in [5.74, 6) is 0. The Bertz CT molecular complexity index is 5730. The average Bonchev–Trinajstić information content (AvgIpc) is 1.62. The molecule has 68 heavy (non-hydrogen) atoms. The van der Waals surface area contributed by atoms with Crippen molar-refractivity contribution in [3.8, 4) is 44.5 Å². The van der Waals surface area contributed by atoms with Crippen LogP contribution in [0.4, 0.5) is 0 Å². The normalized spacial score (nSPS) is 15.7. The molecule has 0 bridgehead atoms. The van der Waals surface area contributed by atoms with Gasteiger partial charge in [-0.3, -0.25) is 0 Å². The molecule has 0 amide bonds. The standard InChI is InChI=1S/C66H36O2/c1-2-12-46-37(7-1)19-30-52-58-34-45(25-32-61(58)68-66(46)52)54-35-53(44-24-31-60-57(33-44)49-13-3-4-14-59(49)67-60)55(47-26-20-42-17-15-38-8-5-10-40-22-28-50(47)64(42)62(38)40)36-56(54)48-27-21-43-18-16-39-9-6-11-41-23-29-51(48)65(43)63(39)41/h1-36H/i1D,2D,3D,4D,7D,12D,13D,14D,19D,24D,25D,30D,31D,32D,33D,34D. The van der Waals surface area contributed by atoms with Gasteiger partial charge in [-0.1, -0.05) is 170 Å². The molecule has 0 aliphatic rings. The van der Waals surface area contributed by atoms with E-state index in [9.17, 15) is 11.0 Å². The second kappa shape index (κ2) is 13.3. The van der Waals surface area contributed by atoms with Crippen LogP contribution >= 0.6 is 0 Å². The summed E-state index contributed by atoms with van der Waals surface area (Å²) in [6.07, 6.45) is 0. The molecule has 0 saturated heterocycles. The zero-order chi connectivity index (χ0) is 58.1. The fourth-order valence-corrected chi connectivity index (χ4v) is 10.9. The monoisotopic (exact) mass is 876 g/mol. The van der Waals surface area contributed by atoms with E-state index >= 15 is 0 Å². The van der Waals surface area contributed by atoms with Gasteiger partial charge in [0.15, 0.2) is 0 Å². The number of fused-ring (bicyclic) bond motifs is 8. The van der Waals surface area contributed by atoms with Crippen molar-refractivity contribution in [2.75, 3.05) is 0 Å². The predicted molar refractivity (Wildman–Crippen MR) is 288 cm³/mol. The lowest BCUT2D eigenvalue weighted by molar-refractivity contribution is 0.669. The number of para-hydroxylation sites is 1. The number of hydrogen-bond donors (Lipinski definition) is 0. The van der Waals surface area contributed by atoms with E-state index in [0.717, 1.165) is 64.6 Å². The van der Waals surface area contributed by atoms with Crippen molar-refractivity contribution in [2.45, 2.75) is 0 Å². The molecule has 14 aromatic carbocycles. The van der Waals surface area contributed by atoms with Gasteiger partial charge < -0.3 is 8.83 Å². The molecule has 2 heterocycles. The van der Waals surface area contributed by atoms with Gasteiger partial charge >= 0.3 is 0 Å². The van der Waals surface area contributed by atoms with Gasteiger partial charge in [0, 0.05) is 26.9 Å². The summed E-state index contributed by atoms with van der Waals surface area (Å²) in [6, 6.07) is 31.4. The van der Waals surface area contributed by atoms with Gasteiger partial charge in [0.1, 0.15) is 22.3 Å².